The van der Waals surface area contributed by atoms with Gasteiger partial charge in [-0.05, 0) is 30.2 Å². The predicted molar refractivity (Wildman–Crippen MR) is 116 cm³/mol. The molecule has 0 atom stereocenters. The molecule has 0 spiro atoms. The van der Waals surface area contributed by atoms with Crippen LogP contribution in [0.4, 0.5) is 5.69 Å². The minimum Gasteiger partial charge on any atom is -0.497 e. The quantitative estimate of drug-likeness (QED) is 0.568. The summed E-state index contributed by atoms with van der Waals surface area (Å²) >= 11 is 0. The maximum Gasteiger partial charge on any atom is 0.241 e. The molecule has 2 aromatic carbocycles. The first kappa shape index (κ1) is 21.5. The highest BCUT2D eigenvalue weighted by atomic mass is 16.5. The van der Waals surface area contributed by atoms with Crippen molar-refractivity contribution in [3.8, 4) is 17.1 Å². The van der Waals surface area contributed by atoms with Gasteiger partial charge in [0.25, 0.3) is 0 Å². The number of aromatic nitrogens is 2. The molecular weight excluding hydrogens is 380 g/mol. The maximum atomic E-state index is 12.4. The van der Waals surface area contributed by atoms with Crippen molar-refractivity contribution < 1.29 is 14.1 Å². The largest absolute Gasteiger partial charge is 0.497 e. The van der Waals surface area contributed by atoms with Gasteiger partial charge in [0.05, 0.1) is 20.2 Å². The Morgan fingerprint density at radius 2 is 1.97 bits per heavy atom. The summed E-state index contributed by atoms with van der Waals surface area (Å²) in [7, 11) is 1.59. The summed E-state index contributed by atoms with van der Waals surface area (Å²) in [6.07, 6.45) is 0. The van der Waals surface area contributed by atoms with Gasteiger partial charge in [0.2, 0.25) is 17.6 Å². The molecule has 7 nitrogen and oxygen atoms in total. The van der Waals surface area contributed by atoms with Crippen LogP contribution in [0.5, 0.6) is 5.75 Å². The lowest BCUT2D eigenvalue weighted by molar-refractivity contribution is -0.117. The first-order chi connectivity index (χ1) is 14.5. The number of nitrogens with zero attached hydrogens (tertiary/aromatic N) is 3. The van der Waals surface area contributed by atoms with E-state index in [1.54, 1.807) is 13.2 Å². The topological polar surface area (TPSA) is 80.5 Å². The maximum absolute atomic E-state index is 12.4. The van der Waals surface area contributed by atoms with Gasteiger partial charge in [-0.2, -0.15) is 4.98 Å². The van der Waals surface area contributed by atoms with Crippen molar-refractivity contribution in [2.24, 2.45) is 0 Å². The predicted octanol–water partition coefficient (Wildman–Crippen LogP) is 4.33. The molecule has 30 heavy (non-hydrogen) atoms. The van der Waals surface area contributed by atoms with Gasteiger partial charge >= 0.3 is 0 Å². The number of ether oxygens (including phenoxy) is 1. The van der Waals surface area contributed by atoms with Crippen LogP contribution in [0.2, 0.25) is 0 Å². The number of amides is 1. The lowest BCUT2D eigenvalue weighted by Gasteiger charge is -2.17. The second-order valence-corrected chi connectivity index (χ2v) is 7.37. The minimum absolute atomic E-state index is 0.117. The van der Waals surface area contributed by atoms with E-state index in [0.29, 0.717) is 42.2 Å². The van der Waals surface area contributed by atoms with E-state index in [4.69, 9.17) is 9.26 Å². The van der Waals surface area contributed by atoms with Crippen LogP contribution < -0.4 is 10.1 Å². The number of nitrogens with one attached hydrogen (secondary N) is 1. The standard InChI is InChI=1S/C23H28N4O3/c1-5-27(14-21(28)24-19-7-6-8-20(13-19)29-4)15-22-25-23(26-30-22)18-11-9-17(10-12-18)16(2)3/h6-13,16H,5,14-15H2,1-4H3,(H,24,28). The van der Waals surface area contributed by atoms with E-state index in [0.717, 1.165) is 5.56 Å². The van der Waals surface area contributed by atoms with Gasteiger partial charge in [-0.15, -0.1) is 0 Å². The van der Waals surface area contributed by atoms with Crippen molar-refractivity contribution in [2.75, 3.05) is 25.5 Å². The van der Waals surface area contributed by atoms with E-state index in [2.05, 4.69) is 41.4 Å². The van der Waals surface area contributed by atoms with E-state index < -0.39 is 0 Å². The second-order valence-electron chi connectivity index (χ2n) is 7.37. The van der Waals surface area contributed by atoms with Gasteiger partial charge in [0, 0.05) is 17.3 Å². The van der Waals surface area contributed by atoms with E-state index in [9.17, 15) is 4.79 Å². The van der Waals surface area contributed by atoms with Gasteiger partial charge < -0.3 is 14.6 Å². The molecule has 1 heterocycles. The fourth-order valence-electron chi connectivity index (χ4n) is 3.03. The van der Waals surface area contributed by atoms with Crippen LogP contribution in [0.1, 0.15) is 38.1 Å². The van der Waals surface area contributed by atoms with Crippen molar-refractivity contribution >= 4 is 11.6 Å². The van der Waals surface area contributed by atoms with Crippen molar-refractivity contribution in [2.45, 2.75) is 33.2 Å². The Balaban J connectivity index is 1.59. The van der Waals surface area contributed by atoms with Crippen LogP contribution in [0, 0.1) is 0 Å². The summed E-state index contributed by atoms with van der Waals surface area (Å²) in [4.78, 5) is 18.9. The summed E-state index contributed by atoms with van der Waals surface area (Å²) in [5, 5.41) is 6.97. The zero-order chi connectivity index (χ0) is 21.5. The molecular formula is C23H28N4O3. The van der Waals surface area contributed by atoms with Crippen LogP contribution in [-0.4, -0.2) is 41.1 Å². The number of benzene rings is 2. The summed E-state index contributed by atoms with van der Waals surface area (Å²) in [5.74, 6) is 2.08. The molecule has 0 unspecified atom stereocenters. The zero-order valence-electron chi connectivity index (χ0n) is 17.9. The highest BCUT2D eigenvalue weighted by Gasteiger charge is 2.15. The average Bonchev–Trinajstić information content (AvgIpc) is 3.22. The Morgan fingerprint density at radius 3 is 2.63 bits per heavy atom. The molecule has 1 N–H and O–H groups in total. The lowest BCUT2D eigenvalue weighted by atomic mass is 10.0. The number of carbonyl (C=O) groups excluding carboxylic acids is 1. The smallest absolute Gasteiger partial charge is 0.241 e. The molecule has 0 bridgehead atoms. The second kappa shape index (κ2) is 10.0. The van der Waals surface area contributed by atoms with Gasteiger partial charge in [-0.1, -0.05) is 56.3 Å². The fourth-order valence-corrected chi connectivity index (χ4v) is 3.03. The molecule has 3 rings (SSSR count). The van der Waals surface area contributed by atoms with E-state index in [1.165, 1.54) is 5.56 Å². The Morgan fingerprint density at radius 1 is 1.20 bits per heavy atom. The average molecular weight is 409 g/mol. The first-order valence-corrected chi connectivity index (χ1v) is 10.1. The van der Waals surface area contributed by atoms with Crippen LogP contribution >= 0.6 is 0 Å². The first-order valence-electron chi connectivity index (χ1n) is 10.1. The summed E-state index contributed by atoms with van der Waals surface area (Å²) in [6.45, 7) is 7.59. The summed E-state index contributed by atoms with van der Waals surface area (Å²) in [5.41, 5.74) is 2.87. The molecule has 0 radical (unpaired) electrons. The number of likely N-dealkylation sites (N-methyl/N-ethyl adjacent to an activating group) is 1. The molecule has 0 aliphatic heterocycles. The number of carbonyl (C=O) groups is 1. The van der Waals surface area contributed by atoms with Crippen molar-refractivity contribution in [1.82, 2.24) is 15.0 Å². The SMILES string of the molecule is CCN(CC(=O)Nc1cccc(OC)c1)Cc1nc(-c2ccc(C(C)C)cc2)no1. The third-order valence-corrected chi connectivity index (χ3v) is 4.83. The molecule has 1 amide bonds. The molecule has 158 valence electrons. The highest BCUT2D eigenvalue weighted by Crippen LogP contribution is 2.21. The number of rotatable bonds is 9. The third kappa shape index (κ3) is 5.67. The van der Waals surface area contributed by atoms with Crippen LogP contribution in [0.15, 0.2) is 53.1 Å². The zero-order valence-corrected chi connectivity index (χ0v) is 17.9. The van der Waals surface area contributed by atoms with Gasteiger partial charge in [0.1, 0.15) is 5.75 Å². The van der Waals surface area contributed by atoms with Crippen molar-refractivity contribution in [3.63, 3.8) is 0 Å². The number of methoxy groups -OCH3 is 1. The summed E-state index contributed by atoms with van der Waals surface area (Å²) in [6, 6.07) is 15.4. The third-order valence-electron chi connectivity index (χ3n) is 4.83. The highest BCUT2D eigenvalue weighted by molar-refractivity contribution is 5.92. The Bertz CT molecular complexity index is 967. The molecule has 0 aliphatic carbocycles. The van der Waals surface area contributed by atoms with Gasteiger partial charge in [-0.3, -0.25) is 9.69 Å². The van der Waals surface area contributed by atoms with Crippen molar-refractivity contribution in [3.05, 3.63) is 60.0 Å². The molecule has 0 aliphatic rings. The number of anilines is 1. The molecule has 7 heteroatoms. The van der Waals surface area contributed by atoms with Crippen LogP contribution in [0.25, 0.3) is 11.4 Å². The van der Waals surface area contributed by atoms with E-state index in [-0.39, 0.29) is 12.5 Å². The molecule has 1 aromatic heterocycles. The van der Waals surface area contributed by atoms with Gasteiger partial charge in [0.15, 0.2) is 0 Å². The summed E-state index contributed by atoms with van der Waals surface area (Å²) < 4.78 is 10.6. The molecule has 0 fully saturated rings. The van der Waals surface area contributed by atoms with Gasteiger partial charge in [-0.25, -0.2) is 0 Å². The van der Waals surface area contributed by atoms with Crippen LogP contribution in [-0.2, 0) is 11.3 Å². The Kier molecular flexibility index (Phi) is 7.19. The monoisotopic (exact) mass is 408 g/mol. The normalized spacial score (nSPS) is 11.1. The van der Waals surface area contributed by atoms with Crippen molar-refractivity contribution in [1.29, 1.82) is 0 Å². The molecule has 3 aromatic rings. The van der Waals surface area contributed by atoms with E-state index >= 15 is 0 Å². The molecule has 0 saturated carbocycles. The number of hydrogen-bond acceptors (Lipinski definition) is 6. The lowest BCUT2D eigenvalue weighted by Crippen LogP contribution is -2.32. The number of hydrogen-bond donors (Lipinski definition) is 1. The van der Waals surface area contributed by atoms with E-state index in [1.807, 2.05) is 42.2 Å². The molecule has 0 saturated heterocycles. The Hall–Kier alpha value is -3.19. The minimum atomic E-state index is -0.117. The fraction of sp³-hybridized carbons (Fsp3) is 0.348. The Labute approximate surface area is 177 Å². The van der Waals surface area contributed by atoms with Crippen LogP contribution in [0.3, 0.4) is 0 Å².